The van der Waals surface area contributed by atoms with Gasteiger partial charge in [0, 0.05) is 52.0 Å². The number of aromatic nitrogens is 1. The molecule has 0 amide bonds. The molecule has 3 aliphatic carbocycles. The summed E-state index contributed by atoms with van der Waals surface area (Å²) in [7, 11) is 0. The quantitative estimate of drug-likeness (QED) is 0.0568. The molecule has 1 aliphatic heterocycles. The molecule has 0 atom stereocenters. The van der Waals surface area contributed by atoms with Crippen molar-refractivity contribution in [2.24, 2.45) is 4.99 Å². The lowest BCUT2D eigenvalue weighted by Gasteiger charge is -2.23. The van der Waals surface area contributed by atoms with Crippen molar-refractivity contribution in [1.29, 1.82) is 0 Å². The Morgan fingerprint density at radius 2 is 1.25 bits per heavy atom. The molecule has 8 aromatic rings. The van der Waals surface area contributed by atoms with Crippen LogP contribution < -0.4 is 4.74 Å². The minimum absolute atomic E-state index is 0.00418. The highest BCUT2D eigenvalue weighted by Crippen LogP contribution is 2.51. The Hall–Kier alpha value is -6.83. The molecule has 1 N–H and O–H groups in total. The van der Waals surface area contributed by atoms with E-state index in [0.717, 1.165) is 109 Å². The fourth-order valence-corrected chi connectivity index (χ4v) is 12.6. The lowest BCUT2D eigenvalue weighted by molar-refractivity contribution is -0.140. The summed E-state index contributed by atoms with van der Waals surface area (Å²) in [6.07, 6.45) is -1.65. The summed E-state index contributed by atoms with van der Waals surface area (Å²) in [4.78, 5) is 22.7. The largest absolute Gasteiger partial charge is 0.426 e. The molecule has 0 fully saturated rings. The number of alkyl halides is 9. The SMILES string of the molecule is O=C(CCCc1ccc2c3ccc(C(F)(F)F)c4c(C(F)(F)F)ccc(c5ccc(C(F)(F)F)c1c25)c43)Oc1cc(Cl)c(C(=C2C=C3CCCC4=C(CCC=C4)C3=N2)c2cc3c([nH]2)-c2ccccc2CCC3)c(Cl)c1. The van der Waals surface area contributed by atoms with Crippen molar-refractivity contribution in [2.75, 3.05) is 0 Å². The first kappa shape index (κ1) is 49.1. The number of hydrogen-bond acceptors (Lipinski definition) is 3. The van der Waals surface area contributed by atoms with Crippen LogP contribution in [0.15, 0.2) is 137 Å². The smallest absolute Gasteiger partial charge is 0.417 e. The molecule has 0 radical (unpaired) electrons. The third-order valence-corrected chi connectivity index (χ3v) is 15.7. The number of aryl methyl sites for hydroxylation is 3. The third-order valence-electron chi connectivity index (χ3n) is 15.1. The van der Waals surface area contributed by atoms with Crippen molar-refractivity contribution in [3.05, 3.63) is 186 Å². The van der Waals surface area contributed by atoms with Crippen LogP contribution in [0.1, 0.15) is 96.0 Å². The van der Waals surface area contributed by atoms with E-state index in [9.17, 15) is 44.3 Å². The molecule has 15 heteroatoms. The summed E-state index contributed by atoms with van der Waals surface area (Å²) in [5, 5.41) is -1.34. The van der Waals surface area contributed by atoms with E-state index >= 15 is 0 Å². The first-order chi connectivity index (χ1) is 35.8. The zero-order chi connectivity index (χ0) is 52.3. The molecule has 0 spiro atoms. The minimum Gasteiger partial charge on any atom is -0.426 e. The first-order valence-corrected chi connectivity index (χ1v) is 25.4. The number of nitrogens with one attached hydrogen (secondary N) is 1. The summed E-state index contributed by atoms with van der Waals surface area (Å²) in [5.74, 6) is -0.682. The van der Waals surface area contributed by atoms with Crippen LogP contribution in [0.3, 0.4) is 0 Å². The molecular formula is C60H41Cl2F9N2O2. The number of carbonyl (C=O) groups is 1. The van der Waals surface area contributed by atoms with Crippen molar-refractivity contribution in [2.45, 2.75) is 89.2 Å². The molecular weight excluding hydrogens is 1020 g/mol. The van der Waals surface area contributed by atoms with Gasteiger partial charge in [-0.1, -0.05) is 90.0 Å². The molecule has 12 rings (SSSR count). The van der Waals surface area contributed by atoms with E-state index in [2.05, 4.69) is 41.4 Å². The second-order valence-corrected chi connectivity index (χ2v) is 20.4. The third kappa shape index (κ3) is 8.50. The number of H-pyrrole nitrogens is 1. The topological polar surface area (TPSA) is 54.4 Å². The fourth-order valence-electron chi connectivity index (χ4n) is 12.0. The van der Waals surface area contributed by atoms with Crippen molar-refractivity contribution in [3.8, 4) is 17.0 Å². The van der Waals surface area contributed by atoms with Gasteiger partial charge in [-0.2, -0.15) is 39.5 Å². The monoisotopic (exact) mass is 1060 g/mol. The van der Waals surface area contributed by atoms with Crippen LogP contribution in [0.25, 0.3) is 59.9 Å². The number of allylic oxidation sites excluding steroid dienone is 6. The summed E-state index contributed by atoms with van der Waals surface area (Å²) in [5.41, 5.74) is 7.95. The standard InChI is InChI=1S/C60H41Cl2F9N2O2/c61-45-28-35(29-46(62)54(45)55(47-26-33-13-5-10-30-8-1-3-15-36(30)56(33)72-47)48-27-34-14-6-11-31-9-2-4-16-37(31)57(34)73-48)75-49(74)17-7-12-32-18-19-38-40-21-24-43(59(66,67)68)53-44(60(69,70)71)25-22-41(52(40)53)39-20-23-42(58(63,64)65)50(32)51(38)39/h1-3,8-9,15,18-29,72H,4-7,10-14,16-17H2. The van der Waals surface area contributed by atoms with Crippen LogP contribution in [-0.4, -0.2) is 16.7 Å². The van der Waals surface area contributed by atoms with Crippen LogP contribution in [0.2, 0.25) is 10.0 Å². The molecule has 0 saturated heterocycles. The van der Waals surface area contributed by atoms with E-state index in [1.54, 1.807) is 0 Å². The van der Waals surface area contributed by atoms with E-state index < -0.39 is 46.6 Å². The van der Waals surface area contributed by atoms with E-state index in [1.165, 1.54) is 41.0 Å². The Morgan fingerprint density at radius 1 is 0.653 bits per heavy atom. The fraction of sp³-hybridized carbons (Fsp3) is 0.233. The average Bonchev–Trinajstić information content (AvgIpc) is 3.90. The number of benzene rings is 7. The van der Waals surface area contributed by atoms with Gasteiger partial charge in [0.2, 0.25) is 0 Å². The Balaban J connectivity index is 0.876. The second kappa shape index (κ2) is 18.2. The van der Waals surface area contributed by atoms with E-state index in [-0.39, 0.29) is 78.3 Å². The molecule has 4 aliphatic rings. The zero-order valence-electron chi connectivity index (χ0n) is 39.6. The lowest BCUT2D eigenvalue weighted by atomic mass is 9.83. The number of nitrogens with zero attached hydrogens (tertiary/aromatic N) is 1. The Labute approximate surface area is 433 Å². The van der Waals surface area contributed by atoms with Crippen molar-refractivity contribution < 1.29 is 49.0 Å². The van der Waals surface area contributed by atoms with Crippen LogP contribution in [0.5, 0.6) is 5.75 Å². The van der Waals surface area contributed by atoms with Gasteiger partial charge < -0.3 is 9.72 Å². The number of fused-ring (bicyclic) bond motifs is 7. The Bertz CT molecular complexity index is 3810. The molecule has 75 heavy (non-hydrogen) atoms. The molecule has 7 aromatic carbocycles. The molecule has 2 heterocycles. The Kier molecular flexibility index (Phi) is 11.9. The number of halogens is 11. The summed E-state index contributed by atoms with van der Waals surface area (Å²) in [6.45, 7) is 0. The normalized spacial score (nSPS) is 16.7. The lowest BCUT2D eigenvalue weighted by Crippen LogP contribution is -2.12. The zero-order valence-corrected chi connectivity index (χ0v) is 41.1. The summed E-state index contributed by atoms with van der Waals surface area (Å²) >= 11 is 14.4. The molecule has 0 saturated carbocycles. The maximum absolute atomic E-state index is 14.9. The molecule has 0 unspecified atom stereocenters. The summed E-state index contributed by atoms with van der Waals surface area (Å²) < 4.78 is 137. The van der Waals surface area contributed by atoms with Crippen molar-refractivity contribution in [1.82, 2.24) is 4.98 Å². The highest BCUT2D eigenvalue weighted by atomic mass is 35.5. The van der Waals surface area contributed by atoms with Gasteiger partial charge in [-0.25, -0.2) is 4.99 Å². The average molecular weight is 1060 g/mol. The number of aromatic amines is 1. The van der Waals surface area contributed by atoms with Gasteiger partial charge >= 0.3 is 24.5 Å². The van der Waals surface area contributed by atoms with Gasteiger partial charge in [-0.3, -0.25) is 4.79 Å². The van der Waals surface area contributed by atoms with Crippen LogP contribution in [-0.2, 0) is 42.6 Å². The van der Waals surface area contributed by atoms with Gasteiger partial charge in [-0.15, -0.1) is 0 Å². The predicted octanol–water partition coefficient (Wildman–Crippen LogP) is 18.5. The maximum atomic E-state index is 14.9. The summed E-state index contributed by atoms with van der Waals surface area (Å²) in [6, 6.07) is 21.2. The van der Waals surface area contributed by atoms with Gasteiger partial charge in [0.05, 0.1) is 38.1 Å². The first-order valence-electron chi connectivity index (χ1n) is 24.7. The molecule has 4 nitrogen and oxygen atoms in total. The minimum atomic E-state index is -5.17. The molecule has 1 aromatic heterocycles. The predicted molar refractivity (Wildman–Crippen MR) is 277 cm³/mol. The molecule has 0 bridgehead atoms. The molecule has 380 valence electrons. The maximum Gasteiger partial charge on any atom is 0.417 e. The second-order valence-electron chi connectivity index (χ2n) is 19.6. The van der Waals surface area contributed by atoms with Crippen molar-refractivity contribution >= 4 is 83.5 Å². The van der Waals surface area contributed by atoms with Crippen LogP contribution in [0, 0.1) is 0 Å². The number of hydrogen-bond donors (Lipinski definition) is 1. The van der Waals surface area contributed by atoms with E-state index in [1.807, 2.05) is 12.1 Å². The number of esters is 1. The Morgan fingerprint density at radius 3 is 1.92 bits per heavy atom. The number of rotatable bonds is 7. The number of ether oxygens (including phenoxy) is 1. The number of aliphatic imine (C=N–C) groups is 1. The number of carbonyl (C=O) groups excluding carboxylic acids is 1. The van der Waals surface area contributed by atoms with Crippen LogP contribution in [0.4, 0.5) is 39.5 Å². The van der Waals surface area contributed by atoms with Crippen LogP contribution >= 0.6 is 23.2 Å². The highest BCUT2D eigenvalue weighted by molar-refractivity contribution is 6.38. The highest BCUT2D eigenvalue weighted by Gasteiger charge is 2.41. The van der Waals surface area contributed by atoms with Gasteiger partial charge in [0.15, 0.2) is 0 Å². The van der Waals surface area contributed by atoms with Gasteiger partial charge in [-0.05, 0) is 166 Å². The van der Waals surface area contributed by atoms with E-state index in [0.29, 0.717) is 29.0 Å². The van der Waals surface area contributed by atoms with E-state index in [4.69, 9.17) is 32.9 Å². The van der Waals surface area contributed by atoms with Gasteiger partial charge in [0.1, 0.15) is 5.75 Å². The van der Waals surface area contributed by atoms with Gasteiger partial charge in [0.25, 0.3) is 0 Å². The van der Waals surface area contributed by atoms with Crippen molar-refractivity contribution in [3.63, 3.8) is 0 Å².